The Morgan fingerprint density at radius 3 is 2.34 bits per heavy atom. The number of amides is 1. The van der Waals surface area contributed by atoms with Crippen LogP contribution < -0.4 is 5.32 Å². The average Bonchev–Trinajstić information content (AvgIpc) is 3.23. The molecule has 3 rings (SSSR count). The Labute approximate surface area is 191 Å². The number of nitrogens with one attached hydrogen (secondary N) is 1. The predicted octanol–water partition coefficient (Wildman–Crippen LogP) is 4.75. The molecule has 0 bridgehead atoms. The van der Waals surface area contributed by atoms with E-state index in [0.29, 0.717) is 10.9 Å². The molecule has 170 valence electrons. The number of halogens is 1. The van der Waals surface area contributed by atoms with Crippen molar-refractivity contribution in [2.45, 2.75) is 38.5 Å². The van der Waals surface area contributed by atoms with E-state index in [-0.39, 0.29) is 28.7 Å². The first kappa shape index (κ1) is 24.0. The minimum absolute atomic E-state index is 0.143. The standard InChI is InChI=1S/C22H25FN4O3S2/c1-5-27(6-2)32(29,30)17-11-12-19(23)18(13-17)20(28)24-22-26-25-21(31-22)16-9-7-15(8-10-16)14(3)4/h7-14H,5-6H2,1-4H3,(H,24,26,28). The van der Waals surface area contributed by atoms with E-state index in [1.54, 1.807) is 13.8 Å². The molecule has 1 amide bonds. The molecular formula is C22H25FN4O3S2. The maximum Gasteiger partial charge on any atom is 0.260 e. The molecule has 3 aromatic rings. The molecule has 0 aliphatic carbocycles. The van der Waals surface area contributed by atoms with Gasteiger partial charge in [-0.15, -0.1) is 10.2 Å². The maximum atomic E-state index is 14.3. The number of aromatic nitrogens is 2. The summed E-state index contributed by atoms with van der Waals surface area (Å²) in [7, 11) is -3.83. The summed E-state index contributed by atoms with van der Waals surface area (Å²) in [6.45, 7) is 8.17. The van der Waals surface area contributed by atoms with E-state index in [2.05, 4.69) is 29.4 Å². The van der Waals surface area contributed by atoms with E-state index in [4.69, 9.17) is 0 Å². The molecule has 0 saturated carbocycles. The van der Waals surface area contributed by atoms with Crippen molar-refractivity contribution >= 4 is 32.4 Å². The lowest BCUT2D eigenvalue weighted by molar-refractivity contribution is 0.102. The number of benzene rings is 2. The Balaban J connectivity index is 1.82. The molecule has 0 aliphatic heterocycles. The average molecular weight is 477 g/mol. The van der Waals surface area contributed by atoms with E-state index < -0.39 is 21.7 Å². The highest BCUT2D eigenvalue weighted by Crippen LogP contribution is 2.28. The van der Waals surface area contributed by atoms with Crippen molar-refractivity contribution < 1.29 is 17.6 Å². The number of hydrogen-bond donors (Lipinski definition) is 1. The number of anilines is 1. The first-order valence-corrected chi connectivity index (χ1v) is 12.5. The van der Waals surface area contributed by atoms with Crippen LogP contribution in [-0.2, 0) is 10.0 Å². The molecule has 32 heavy (non-hydrogen) atoms. The predicted molar refractivity (Wildman–Crippen MR) is 124 cm³/mol. The van der Waals surface area contributed by atoms with Gasteiger partial charge < -0.3 is 0 Å². The summed E-state index contributed by atoms with van der Waals surface area (Å²) < 4.78 is 41.0. The Kier molecular flexibility index (Phi) is 7.37. The summed E-state index contributed by atoms with van der Waals surface area (Å²) in [6.07, 6.45) is 0. The van der Waals surface area contributed by atoms with Gasteiger partial charge in [-0.05, 0) is 29.7 Å². The molecule has 0 spiro atoms. The summed E-state index contributed by atoms with van der Waals surface area (Å²) in [5, 5.41) is 11.4. The van der Waals surface area contributed by atoms with Crippen LogP contribution in [0, 0.1) is 5.82 Å². The van der Waals surface area contributed by atoms with Crippen LogP contribution in [0.4, 0.5) is 9.52 Å². The number of hydrogen-bond acceptors (Lipinski definition) is 6. The van der Waals surface area contributed by atoms with Gasteiger partial charge in [0.15, 0.2) is 0 Å². The Morgan fingerprint density at radius 2 is 1.75 bits per heavy atom. The molecule has 10 heteroatoms. The van der Waals surface area contributed by atoms with E-state index in [9.17, 15) is 17.6 Å². The number of carbonyl (C=O) groups is 1. The van der Waals surface area contributed by atoms with E-state index in [1.165, 1.54) is 9.87 Å². The van der Waals surface area contributed by atoms with Gasteiger partial charge in [-0.25, -0.2) is 12.8 Å². The lowest BCUT2D eigenvalue weighted by atomic mass is 10.0. The molecule has 0 unspecified atom stereocenters. The van der Waals surface area contributed by atoms with Gasteiger partial charge >= 0.3 is 0 Å². The van der Waals surface area contributed by atoms with Crippen molar-refractivity contribution in [3.05, 3.63) is 59.4 Å². The van der Waals surface area contributed by atoms with E-state index in [1.807, 2.05) is 24.3 Å². The van der Waals surface area contributed by atoms with Crippen LogP contribution in [-0.4, -0.2) is 41.9 Å². The fourth-order valence-electron chi connectivity index (χ4n) is 3.12. The minimum atomic E-state index is -3.83. The van der Waals surface area contributed by atoms with Crippen LogP contribution in [0.5, 0.6) is 0 Å². The summed E-state index contributed by atoms with van der Waals surface area (Å²) in [6, 6.07) is 11.1. The van der Waals surface area contributed by atoms with Crippen molar-refractivity contribution in [2.75, 3.05) is 18.4 Å². The van der Waals surface area contributed by atoms with Crippen molar-refractivity contribution in [2.24, 2.45) is 0 Å². The Morgan fingerprint density at radius 1 is 1.09 bits per heavy atom. The SMILES string of the molecule is CCN(CC)S(=O)(=O)c1ccc(F)c(C(=O)Nc2nnc(-c3ccc(C(C)C)cc3)s2)c1. The number of rotatable bonds is 8. The summed E-state index contributed by atoms with van der Waals surface area (Å²) in [5.74, 6) is -1.21. The molecule has 0 aliphatic rings. The highest BCUT2D eigenvalue weighted by atomic mass is 32.2. The first-order chi connectivity index (χ1) is 15.2. The molecule has 0 saturated heterocycles. The number of sulfonamides is 1. The first-order valence-electron chi connectivity index (χ1n) is 10.2. The van der Waals surface area contributed by atoms with Crippen molar-refractivity contribution in [1.29, 1.82) is 0 Å². The zero-order valence-corrected chi connectivity index (χ0v) is 19.9. The molecule has 1 heterocycles. The highest BCUT2D eigenvalue weighted by molar-refractivity contribution is 7.89. The highest BCUT2D eigenvalue weighted by Gasteiger charge is 2.24. The third-order valence-corrected chi connectivity index (χ3v) is 7.93. The van der Waals surface area contributed by atoms with Gasteiger partial charge in [0.2, 0.25) is 15.2 Å². The van der Waals surface area contributed by atoms with Crippen LogP contribution in [0.2, 0.25) is 0 Å². The summed E-state index contributed by atoms with van der Waals surface area (Å²) in [5.41, 5.74) is 1.67. The van der Waals surface area contributed by atoms with Gasteiger partial charge in [-0.3, -0.25) is 10.1 Å². The zero-order valence-electron chi connectivity index (χ0n) is 18.3. The second-order valence-corrected chi connectivity index (χ2v) is 10.3. The second kappa shape index (κ2) is 9.85. The van der Waals surface area contributed by atoms with E-state index in [0.717, 1.165) is 35.1 Å². The molecular weight excluding hydrogens is 451 g/mol. The Bertz CT molecular complexity index is 1200. The van der Waals surface area contributed by atoms with Gasteiger partial charge in [0.25, 0.3) is 5.91 Å². The van der Waals surface area contributed by atoms with Crippen molar-refractivity contribution in [3.8, 4) is 10.6 Å². The van der Waals surface area contributed by atoms with Crippen LogP contribution >= 0.6 is 11.3 Å². The number of carbonyl (C=O) groups excluding carboxylic acids is 1. The molecule has 0 fully saturated rings. The van der Waals surface area contributed by atoms with Crippen LogP contribution in [0.1, 0.15) is 49.5 Å². The molecule has 1 aromatic heterocycles. The van der Waals surface area contributed by atoms with Gasteiger partial charge in [-0.1, -0.05) is 63.3 Å². The molecule has 0 atom stereocenters. The largest absolute Gasteiger partial charge is 0.296 e. The van der Waals surface area contributed by atoms with E-state index >= 15 is 0 Å². The fourth-order valence-corrected chi connectivity index (χ4v) is 5.35. The summed E-state index contributed by atoms with van der Waals surface area (Å²) in [4.78, 5) is 12.5. The Hall–Kier alpha value is -2.69. The summed E-state index contributed by atoms with van der Waals surface area (Å²) >= 11 is 1.15. The molecule has 0 radical (unpaired) electrons. The van der Waals surface area contributed by atoms with Crippen LogP contribution in [0.25, 0.3) is 10.6 Å². The van der Waals surface area contributed by atoms with Crippen molar-refractivity contribution in [1.82, 2.24) is 14.5 Å². The zero-order chi connectivity index (χ0) is 23.5. The van der Waals surface area contributed by atoms with Gasteiger partial charge in [0, 0.05) is 18.7 Å². The lowest BCUT2D eigenvalue weighted by Gasteiger charge is -2.18. The normalized spacial score (nSPS) is 11.8. The van der Waals surface area contributed by atoms with Gasteiger partial charge in [0.1, 0.15) is 10.8 Å². The minimum Gasteiger partial charge on any atom is -0.296 e. The third kappa shape index (κ3) is 5.03. The molecule has 2 aromatic carbocycles. The van der Waals surface area contributed by atoms with Crippen molar-refractivity contribution in [3.63, 3.8) is 0 Å². The fraction of sp³-hybridized carbons (Fsp3) is 0.318. The quantitative estimate of drug-likeness (QED) is 0.506. The second-order valence-electron chi connectivity index (χ2n) is 7.37. The maximum absolute atomic E-state index is 14.3. The van der Waals surface area contributed by atoms with Gasteiger partial charge in [0.05, 0.1) is 10.5 Å². The monoisotopic (exact) mass is 476 g/mol. The molecule has 1 N–H and O–H groups in total. The molecule has 7 nitrogen and oxygen atoms in total. The topological polar surface area (TPSA) is 92.3 Å². The van der Waals surface area contributed by atoms with Crippen LogP contribution in [0.3, 0.4) is 0 Å². The van der Waals surface area contributed by atoms with Crippen LogP contribution in [0.15, 0.2) is 47.4 Å². The lowest BCUT2D eigenvalue weighted by Crippen LogP contribution is -2.31. The number of nitrogens with zero attached hydrogens (tertiary/aromatic N) is 3. The smallest absolute Gasteiger partial charge is 0.260 e. The third-order valence-electron chi connectivity index (χ3n) is 5.00. The van der Waals surface area contributed by atoms with Gasteiger partial charge in [-0.2, -0.15) is 4.31 Å².